The molecule has 2 aromatic rings. The summed E-state index contributed by atoms with van der Waals surface area (Å²) in [5.74, 6) is -0.430. The van der Waals surface area contributed by atoms with Crippen LogP contribution in [0.15, 0.2) is 42.5 Å². The molecule has 0 fully saturated rings. The molecule has 0 spiro atoms. The summed E-state index contributed by atoms with van der Waals surface area (Å²) in [6.45, 7) is 5.29. The molecule has 0 unspecified atom stereocenters. The highest BCUT2D eigenvalue weighted by molar-refractivity contribution is 6.04. The summed E-state index contributed by atoms with van der Waals surface area (Å²) < 4.78 is 4.79. The molecular weight excluding hydrogens is 334 g/mol. The lowest BCUT2D eigenvalue weighted by Crippen LogP contribution is -2.14. The van der Waals surface area contributed by atoms with Crippen molar-refractivity contribution in [1.82, 2.24) is 0 Å². The topological polar surface area (TPSA) is 96.5 Å². The molecule has 3 N–H and O–H groups in total. The van der Waals surface area contributed by atoms with E-state index in [0.29, 0.717) is 22.6 Å². The second-order valence-electron chi connectivity index (χ2n) is 5.59. The predicted molar refractivity (Wildman–Crippen MR) is 101 cm³/mol. The first kappa shape index (κ1) is 19.0. The van der Waals surface area contributed by atoms with Crippen molar-refractivity contribution in [2.24, 2.45) is 0 Å². The molecule has 26 heavy (non-hydrogen) atoms. The minimum Gasteiger partial charge on any atom is -0.450 e. The van der Waals surface area contributed by atoms with Crippen molar-refractivity contribution in [2.75, 3.05) is 22.6 Å². The van der Waals surface area contributed by atoms with E-state index < -0.39 is 6.09 Å². The number of anilines is 3. The Labute approximate surface area is 151 Å². The maximum atomic E-state index is 12.3. The first-order valence-corrected chi connectivity index (χ1v) is 8.12. The maximum Gasteiger partial charge on any atom is 0.411 e. The fourth-order valence-electron chi connectivity index (χ4n) is 2.26. The lowest BCUT2D eigenvalue weighted by molar-refractivity contribution is -0.114. The summed E-state index contributed by atoms with van der Waals surface area (Å²) in [4.78, 5) is 34.8. The van der Waals surface area contributed by atoms with E-state index >= 15 is 0 Å². The number of benzene rings is 2. The fourth-order valence-corrected chi connectivity index (χ4v) is 2.26. The number of carbonyl (C=O) groups excluding carboxylic acids is 3. The average Bonchev–Trinajstić information content (AvgIpc) is 2.58. The highest BCUT2D eigenvalue weighted by Gasteiger charge is 2.09. The minimum absolute atomic E-state index is 0.151. The molecule has 0 aliphatic heterocycles. The highest BCUT2D eigenvalue weighted by Crippen LogP contribution is 2.20. The van der Waals surface area contributed by atoms with E-state index in [1.54, 1.807) is 49.4 Å². The largest absolute Gasteiger partial charge is 0.450 e. The van der Waals surface area contributed by atoms with Crippen LogP contribution in [0.3, 0.4) is 0 Å². The van der Waals surface area contributed by atoms with Gasteiger partial charge in [0.25, 0.3) is 5.91 Å². The van der Waals surface area contributed by atoms with Crippen molar-refractivity contribution in [1.29, 1.82) is 0 Å². The van der Waals surface area contributed by atoms with Gasteiger partial charge < -0.3 is 15.4 Å². The van der Waals surface area contributed by atoms with Gasteiger partial charge in [-0.05, 0) is 61.9 Å². The molecule has 0 heterocycles. The zero-order chi connectivity index (χ0) is 19.1. The van der Waals surface area contributed by atoms with E-state index in [9.17, 15) is 14.4 Å². The molecule has 0 bridgehead atoms. The standard InChI is InChI=1S/C19H21N3O4/c1-4-26-19(25)22-15-7-5-14(6-8-15)18(24)21-16-9-10-17(12(2)11-16)20-13(3)23/h5-11H,4H2,1-3H3,(H,20,23)(H,21,24)(H,22,25). The van der Waals surface area contributed by atoms with E-state index in [1.807, 2.05) is 6.92 Å². The summed E-state index contributed by atoms with van der Waals surface area (Å²) >= 11 is 0. The van der Waals surface area contributed by atoms with Crippen molar-refractivity contribution < 1.29 is 19.1 Å². The molecule has 0 aliphatic carbocycles. The summed E-state index contributed by atoms with van der Waals surface area (Å²) in [5.41, 5.74) is 3.14. The van der Waals surface area contributed by atoms with Crippen molar-refractivity contribution in [2.45, 2.75) is 20.8 Å². The third kappa shape index (κ3) is 5.34. The molecular formula is C19H21N3O4. The summed E-state index contributed by atoms with van der Waals surface area (Å²) in [6.07, 6.45) is -0.542. The van der Waals surface area contributed by atoms with Crippen LogP contribution in [-0.4, -0.2) is 24.5 Å². The first-order valence-electron chi connectivity index (χ1n) is 8.12. The highest BCUT2D eigenvalue weighted by atomic mass is 16.5. The third-order valence-corrected chi connectivity index (χ3v) is 3.46. The van der Waals surface area contributed by atoms with Gasteiger partial charge in [-0.3, -0.25) is 14.9 Å². The Morgan fingerprint density at radius 1 is 0.923 bits per heavy atom. The molecule has 0 atom stereocenters. The average molecular weight is 355 g/mol. The lowest BCUT2D eigenvalue weighted by atomic mass is 10.1. The van der Waals surface area contributed by atoms with Crippen molar-refractivity contribution in [3.05, 3.63) is 53.6 Å². The van der Waals surface area contributed by atoms with Crippen molar-refractivity contribution in [3.8, 4) is 0 Å². The van der Waals surface area contributed by atoms with Crippen LogP contribution in [-0.2, 0) is 9.53 Å². The van der Waals surface area contributed by atoms with Crippen LogP contribution in [0.4, 0.5) is 21.9 Å². The predicted octanol–water partition coefficient (Wildman–Crippen LogP) is 3.77. The van der Waals surface area contributed by atoms with Gasteiger partial charge in [0.2, 0.25) is 5.91 Å². The maximum absolute atomic E-state index is 12.3. The molecule has 3 amide bonds. The Morgan fingerprint density at radius 2 is 1.58 bits per heavy atom. The molecule has 2 aromatic carbocycles. The van der Waals surface area contributed by atoms with E-state index in [0.717, 1.165) is 5.56 Å². The summed E-state index contributed by atoms with van der Waals surface area (Å²) in [6, 6.07) is 11.7. The number of ether oxygens (including phenoxy) is 1. The van der Waals surface area contributed by atoms with Gasteiger partial charge >= 0.3 is 6.09 Å². The Balaban J connectivity index is 2.02. The van der Waals surface area contributed by atoms with Crippen LogP contribution in [0.1, 0.15) is 29.8 Å². The van der Waals surface area contributed by atoms with Gasteiger partial charge in [-0.25, -0.2) is 4.79 Å². The smallest absolute Gasteiger partial charge is 0.411 e. The van der Waals surface area contributed by atoms with E-state index in [-0.39, 0.29) is 18.4 Å². The van der Waals surface area contributed by atoms with Crippen molar-refractivity contribution in [3.63, 3.8) is 0 Å². The summed E-state index contributed by atoms with van der Waals surface area (Å²) in [5, 5.41) is 8.08. The normalized spacial score (nSPS) is 9.96. The Hall–Kier alpha value is -3.35. The van der Waals surface area contributed by atoms with Crippen LogP contribution in [0.2, 0.25) is 0 Å². The summed E-state index contributed by atoms with van der Waals surface area (Å²) in [7, 11) is 0. The number of hydrogen-bond donors (Lipinski definition) is 3. The molecule has 2 rings (SSSR count). The molecule has 0 aromatic heterocycles. The van der Waals surface area contributed by atoms with Crippen molar-refractivity contribution >= 4 is 35.0 Å². The number of carbonyl (C=O) groups is 3. The van der Waals surface area contributed by atoms with Gasteiger partial charge in [-0.15, -0.1) is 0 Å². The molecule has 0 aliphatic rings. The zero-order valence-corrected chi connectivity index (χ0v) is 14.9. The number of rotatable bonds is 5. The van der Waals surface area contributed by atoms with Crippen LogP contribution < -0.4 is 16.0 Å². The second-order valence-corrected chi connectivity index (χ2v) is 5.59. The lowest BCUT2D eigenvalue weighted by Gasteiger charge is -2.11. The number of amides is 3. The third-order valence-electron chi connectivity index (χ3n) is 3.46. The molecule has 136 valence electrons. The minimum atomic E-state index is -0.542. The van der Waals surface area contributed by atoms with Gasteiger partial charge in [0.15, 0.2) is 0 Å². The first-order chi connectivity index (χ1) is 12.4. The van der Waals surface area contributed by atoms with Crippen LogP contribution in [0, 0.1) is 6.92 Å². The quantitative estimate of drug-likeness (QED) is 0.760. The molecule has 7 nitrogen and oxygen atoms in total. The van der Waals surface area contributed by atoms with E-state index in [1.165, 1.54) is 6.92 Å². The Bertz CT molecular complexity index is 816. The second kappa shape index (κ2) is 8.66. The van der Waals surface area contributed by atoms with Gasteiger partial charge in [-0.2, -0.15) is 0 Å². The van der Waals surface area contributed by atoms with Crippen LogP contribution >= 0.6 is 0 Å². The fraction of sp³-hybridized carbons (Fsp3) is 0.211. The van der Waals surface area contributed by atoms with E-state index in [2.05, 4.69) is 16.0 Å². The number of nitrogens with one attached hydrogen (secondary N) is 3. The monoisotopic (exact) mass is 355 g/mol. The Kier molecular flexibility index (Phi) is 6.32. The van der Waals surface area contributed by atoms with Crippen LogP contribution in [0.25, 0.3) is 0 Å². The SMILES string of the molecule is CCOC(=O)Nc1ccc(C(=O)Nc2ccc(NC(C)=O)c(C)c2)cc1. The number of hydrogen-bond acceptors (Lipinski definition) is 4. The molecule has 7 heteroatoms. The van der Waals surface area contributed by atoms with Gasteiger partial charge in [0.1, 0.15) is 0 Å². The zero-order valence-electron chi connectivity index (χ0n) is 14.9. The van der Waals surface area contributed by atoms with Crippen LogP contribution in [0.5, 0.6) is 0 Å². The number of aryl methyl sites for hydroxylation is 1. The Morgan fingerprint density at radius 3 is 2.15 bits per heavy atom. The molecule has 0 saturated heterocycles. The molecule has 0 saturated carbocycles. The molecule has 0 radical (unpaired) electrons. The van der Waals surface area contributed by atoms with Gasteiger partial charge in [0, 0.05) is 29.5 Å². The van der Waals surface area contributed by atoms with Gasteiger partial charge in [0.05, 0.1) is 6.61 Å². The van der Waals surface area contributed by atoms with E-state index in [4.69, 9.17) is 4.74 Å². The van der Waals surface area contributed by atoms with Gasteiger partial charge in [-0.1, -0.05) is 0 Å².